The maximum Gasteiger partial charge on any atom is 0.249 e. The molecular weight excluding hydrogens is 424 g/mol. The van der Waals surface area contributed by atoms with Crippen LogP contribution in [0.4, 0.5) is 5.82 Å². The molecule has 0 bridgehead atoms. The Labute approximate surface area is 199 Å². The number of nitriles is 1. The highest BCUT2D eigenvalue weighted by molar-refractivity contribution is 6.02. The van der Waals surface area contributed by atoms with Gasteiger partial charge in [-0.2, -0.15) is 15.5 Å². The molecule has 0 aliphatic carbocycles. The zero-order valence-electron chi connectivity index (χ0n) is 19.3. The van der Waals surface area contributed by atoms with E-state index in [2.05, 4.69) is 40.8 Å². The maximum atomic E-state index is 12.7. The van der Waals surface area contributed by atoms with Gasteiger partial charge in [-0.25, -0.2) is 4.68 Å². The summed E-state index contributed by atoms with van der Waals surface area (Å²) in [5, 5.41) is 20.9. The van der Waals surface area contributed by atoms with Gasteiger partial charge >= 0.3 is 0 Å². The summed E-state index contributed by atoms with van der Waals surface area (Å²) in [7, 11) is 0. The lowest BCUT2D eigenvalue weighted by Gasteiger charge is -2.05. The van der Waals surface area contributed by atoms with E-state index in [1.54, 1.807) is 16.8 Å². The Morgan fingerprint density at radius 3 is 2.59 bits per heavy atom. The highest BCUT2D eigenvalue weighted by atomic mass is 16.1. The van der Waals surface area contributed by atoms with Crippen molar-refractivity contribution in [3.8, 4) is 17.3 Å². The van der Waals surface area contributed by atoms with E-state index in [0.29, 0.717) is 25.3 Å². The van der Waals surface area contributed by atoms with E-state index in [9.17, 15) is 4.79 Å². The fourth-order valence-corrected chi connectivity index (χ4v) is 3.65. The molecule has 7 nitrogen and oxygen atoms in total. The number of carbonyl (C=O) groups excluding carboxylic acids is 1. The first-order valence-electron chi connectivity index (χ1n) is 11.1. The van der Waals surface area contributed by atoms with E-state index >= 15 is 0 Å². The number of hydrogen-bond donors (Lipinski definition) is 1. The first-order valence-corrected chi connectivity index (χ1v) is 11.1. The van der Waals surface area contributed by atoms with Gasteiger partial charge in [-0.05, 0) is 25.5 Å². The Hall–Kier alpha value is -4.44. The zero-order chi connectivity index (χ0) is 23.9. The lowest BCUT2D eigenvalue weighted by molar-refractivity contribution is -0.111. The van der Waals surface area contributed by atoms with E-state index in [1.807, 2.05) is 55.1 Å². The van der Waals surface area contributed by atoms with Gasteiger partial charge in [-0.15, -0.1) is 0 Å². The van der Waals surface area contributed by atoms with E-state index in [-0.39, 0.29) is 5.91 Å². The fourth-order valence-electron chi connectivity index (χ4n) is 3.65. The maximum absolute atomic E-state index is 12.7. The third-order valence-corrected chi connectivity index (χ3v) is 5.31. The van der Waals surface area contributed by atoms with Crippen molar-refractivity contribution in [3.63, 3.8) is 0 Å². The first-order chi connectivity index (χ1) is 16.5. The van der Waals surface area contributed by atoms with Crippen molar-refractivity contribution in [2.24, 2.45) is 0 Å². The van der Waals surface area contributed by atoms with E-state index in [1.165, 1.54) is 11.6 Å². The van der Waals surface area contributed by atoms with E-state index < -0.39 is 0 Å². The highest BCUT2D eigenvalue weighted by Crippen LogP contribution is 2.24. The van der Waals surface area contributed by atoms with E-state index in [0.717, 1.165) is 28.1 Å². The number of benzene rings is 2. The molecule has 0 aliphatic rings. The van der Waals surface area contributed by atoms with Crippen LogP contribution in [0, 0.1) is 25.2 Å². The second-order valence-electron chi connectivity index (χ2n) is 8.11. The molecule has 0 radical (unpaired) electrons. The normalized spacial score (nSPS) is 11.0. The molecule has 1 amide bonds. The molecule has 34 heavy (non-hydrogen) atoms. The van der Waals surface area contributed by atoms with Crippen molar-refractivity contribution in [3.05, 3.63) is 95.3 Å². The van der Waals surface area contributed by atoms with Crippen LogP contribution in [0.3, 0.4) is 0 Å². The number of aryl methyl sites for hydroxylation is 3. The predicted molar refractivity (Wildman–Crippen MR) is 133 cm³/mol. The summed E-state index contributed by atoms with van der Waals surface area (Å²) in [6, 6.07) is 22.2. The molecule has 0 atom stereocenters. The summed E-state index contributed by atoms with van der Waals surface area (Å²) < 4.78 is 3.53. The van der Waals surface area contributed by atoms with Crippen molar-refractivity contribution in [1.29, 1.82) is 5.26 Å². The number of nitrogens with one attached hydrogen (secondary N) is 1. The van der Waals surface area contributed by atoms with Crippen LogP contribution < -0.4 is 5.32 Å². The average molecular weight is 451 g/mol. The van der Waals surface area contributed by atoms with Crippen LogP contribution in [0.15, 0.2) is 72.9 Å². The van der Waals surface area contributed by atoms with Crippen molar-refractivity contribution >= 4 is 17.8 Å². The minimum atomic E-state index is -0.274. The van der Waals surface area contributed by atoms with Gasteiger partial charge in [0.15, 0.2) is 0 Å². The predicted octanol–water partition coefficient (Wildman–Crippen LogP) is 4.98. The monoisotopic (exact) mass is 450 g/mol. The van der Waals surface area contributed by atoms with Gasteiger partial charge < -0.3 is 5.32 Å². The summed E-state index contributed by atoms with van der Waals surface area (Å²) in [6.07, 6.45) is 5.55. The third kappa shape index (κ3) is 5.67. The lowest BCUT2D eigenvalue weighted by atomic mass is 10.1. The Bertz CT molecular complexity index is 1340. The van der Waals surface area contributed by atoms with Crippen LogP contribution in [0.2, 0.25) is 0 Å². The van der Waals surface area contributed by atoms with Crippen molar-refractivity contribution < 1.29 is 4.79 Å². The number of aromatic nitrogens is 4. The summed E-state index contributed by atoms with van der Waals surface area (Å²) in [5.74, 6) is 0.296. The SMILES string of the molecule is Cc1ccc(-c2nn(Cc3ccccc3)cc2/C=C/C(=O)Nc2cc(C)nn2CCC#N)cc1. The number of carbonyl (C=O) groups is 1. The zero-order valence-corrected chi connectivity index (χ0v) is 19.3. The molecular formula is C27H26N6O. The van der Waals surface area contributed by atoms with Crippen molar-refractivity contribution in [2.75, 3.05) is 5.32 Å². The Morgan fingerprint density at radius 1 is 1.09 bits per heavy atom. The topological polar surface area (TPSA) is 88.5 Å². The second-order valence-corrected chi connectivity index (χ2v) is 8.11. The fraction of sp³-hybridized carbons (Fsp3) is 0.185. The van der Waals surface area contributed by atoms with Crippen LogP contribution >= 0.6 is 0 Å². The molecule has 1 N–H and O–H groups in total. The Morgan fingerprint density at radius 2 is 1.85 bits per heavy atom. The van der Waals surface area contributed by atoms with Crippen molar-refractivity contribution in [1.82, 2.24) is 19.6 Å². The molecule has 0 fully saturated rings. The van der Waals surface area contributed by atoms with Gasteiger partial charge in [-0.3, -0.25) is 9.48 Å². The molecule has 170 valence electrons. The number of anilines is 1. The standard InChI is InChI=1S/C27H26N6O/c1-20-9-11-23(12-10-20)27-24(19-32(31-27)18-22-7-4-3-5-8-22)13-14-26(34)29-25-17-21(2)30-33(25)16-6-15-28/h3-5,7-14,17,19H,6,16,18H2,1-2H3,(H,29,34)/b14-13+. The van der Waals surface area contributed by atoms with Gasteiger partial charge in [0.25, 0.3) is 0 Å². The molecule has 0 spiro atoms. The molecule has 7 heteroatoms. The molecule has 2 heterocycles. The summed E-state index contributed by atoms with van der Waals surface area (Å²) in [5.41, 5.74) is 5.75. The van der Waals surface area contributed by atoms with Gasteiger partial charge in [-0.1, -0.05) is 60.2 Å². The minimum Gasteiger partial charge on any atom is -0.307 e. The van der Waals surface area contributed by atoms with Crippen LogP contribution in [-0.2, 0) is 17.9 Å². The Balaban J connectivity index is 1.58. The first kappa shape index (κ1) is 22.7. The van der Waals surface area contributed by atoms with Crippen LogP contribution in [-0.4, -0.2) is 25.5 Å². The molecule has 0 saturated carbocycles. The molecule has 2 aromatic carbocycles. The molecule has 4 rings (SSSR count). The summed E-state index contributed by atoms with van der Waals surface area (Å²) in [4.78, 5) is 12.7. The lowest BCUT2D eigenvalue weighted by Crippen LogP contribution is -2.13. The van der Waals surface area contributed by atoms with Crippen LogP contribution in [0.1, 0.15) is 28.8 Å². The Kier molecular flexibility index (Phi) is 6.99. The quantitative estimate of drug-likeness (QED) is 0.384. The van der Waals surface area contributed by atoms with Gasteiger partial charge in [0.1, 0.15) is 5.82 Å². The van der Waals surface area contributed by atoms with Gasteiger partial charge in [0, 0.05) is 29.5 Å². The summed E-state index contributed by atoms with van der Waals surface area (Å²) >= 11 is 0. The molecule has 0 unspecified atom stereocenters. The largest absolute Gasteiger partial charge is 0.307 e. The highest BCUT2D eigenvalue weighted by Gasteiger charge is 2.12. The van der Waals surface area contributed by atoms with Gasteiger partial charge in [0.2, 0.25) is 5.91 Å². The number of amides is 1. The number of nitrogens with zero attached hydrogens (tertiary/aromatic N) is 5. The summed E-state index contributed by atoms with van der Waals surface area (Å²) in [6.45, 7) is 4.96. The third-order valence-electron chi connectivity index (χ3n) is 5.31. The molecule has 0 saturated heterocycles. The van der Waals surface area contributed by atoms with Crippen molar-refractivity contribution in [2.45, 2.75) is 33.4 Å². The number of rotatable bonds is 8. The molecule has 4 aromatic rings. The average Bonchev–Trinajstić information content (AvgIpc) is 3.39. The molecule has 2 aromatic heterocycles. The second kappa shape index (κ2) is 10.5. The van der Waals surface area contributed by atoms with Crippen LogP contribution in [0.25, 0.3) is 17.3 Å². The van der Waals surface area contributed by atoms with Gasteiger partial charge in [0.05, 0.1) is 37.0 Å². The molecule has 0 aliphatic heterocycles. The number of hydrogen-bond acceptors (Lipinski definition) is 4. The minimum absolute atomic E-state index is 0.274. The van der Waals surface area contributed by atoms with Crippen LogP contribution in [0.5, 0.6) is 0 Å². The smallest absolute Gasteiger partial charge is 0.249 e. The van der Waals surface area contributed by atoms with E-state index in [4.69, 9.17) is 10.4 Å².